The SMILES string of the molecule is COC(=O)C(Nc1nc(NN)ncc1F)C(C)C. The van der Waals surface area contributed by atoms with Gasteiger partial charge in [-0.15, -0.1) is 0 Å². The molecule has 0 saturated heterocycles. The summed E-state index contributed by atoms with van der Waals surface area (Å²) in [5.74, 6) is 3.80. The van der Waals surface area contributed by atoms with E-state index in [9.17, 15) is 9.18 Å². The molecular formula is C10H16FN5O2. The number of nitrogens with one attached hydrogen (secondary N) is 2. The minimum atomic E-state index is -0.704. The van der Waals surface area contributed by atoms with Crippen LogP contribution in [-0.2, 0) is 9.53 Å². The quantitative estimate of drug-likeness (QED) is 0.401. The Kier molecular flexibility index (Phi) is 4.78. The topological polar surface area (TPSA) is 102 Å². The predicted octanol–water partition coefficient (Wildman–Crippen LogP) is 0.511. The number of carbonyl (C=O) groups is 1. The largest absolute Gasteiger partial charge is 0.467 e. The van der Waals surface area contributed by atoms with Gasteiger partial charge in [0.05, 0.1) is 13.3 Å². The highest BCUT2D eigenvalue weighted by Crippen LogP contribution is 2.16. The van der Waals surface area contributed by atoms with Crippen LogP contribution in [0.5, 0.6) is 0 Å². The first kappa shape index (κ1) is 14.1. The molecule has 0 aliphatic heterocycles. The average Bonchev–Trinajstić information content (AvgIpc) is 2.36. The number of nitrogens with zero attached hydrogens (tertiary/aromatic N) is 2. The summed E-state index contributed by atoms with van der Waals surface area (Å²) in [6, 6.07) is -0.704. The zero-order valence-corrected chi connectivity index (χ0v) is 10.4. The van der Waals surface area contributed by atoms with Gasteiger partial charge >= 0.3 is 5.97 Å². The number of hydrogen-bond donors (Lipinski definition) is 3. The minimum Gasteiger partial charge on any atom is -0.467 e. The number of aromatic nitrogens is 2. The first-order valence-electron chi connectivity index (χ1n) is 5.33. The van der Waals surface area contributed by atoms with Crippen LogP contribution in [0, 0.1) is 11.7 Å². The number of rotatable bonds is 5. The molecule has 0 aliphatic rings. The van der Waals surface area contributed by atoms with Crippen LogP contribution in [0.25, 0.3) is 0 Å². The molecular weight excluding hydrogens is 241 g/mol. The number of nitrogen functional groups attached to an aromatic ring is 1. The van der Waals surface area contributed by atoms with Gasteiger partial charge in [0.2, 0.25) is 5.95 Å². The standard InChI is InChI=1S/C10H16FN5O2/c1-5(2)7(9(17)18-3)14-8-6(11)4-13-10(15-8)16-12/h4-5,7H,12H2,1-3H3,(H2,13,14,15,16). The van der Waals surface area contributed by atoms with E-state index in [-0.39, 0.29) is 17.7 Å². The average molecular weight is 257 g/mol. The Morgan fingerprint density at radius 2 is 2.22 bits per heavy atom. The number of hydrazine groups is 1. The predicted molar refractivity (Wildman–Crippen MR) is 64.1 cm³/mol. The third-order valence-electron chi connectivity index (χ3n) is 2.29. The lowest BCUT2D eigenvalue weighted by molar-refractivity contribution is -0.142. The van der Waals surface area contributed by atoms with Crippen molar-refractivity contribution >= 4 is 17.7 Å². The molecule has 0 spiro atoms. The van der Waals surface area contributed by atoms with Crippen molar-refractivity contribution in [1.82, 2.24) is 9.97 Å². The van der Waals surface area contributed by atoms with Gasteiger partial charge in [-0.3, -0.25) is 5.43 Å². The van der Waals surface area contributed by atoms with Gasteiger partial charge in [-0.2, -0.15) is 4.98 Å². The summed E-state index contributed by atoms with van der Waals surface area (Å²) >= 11 is 0. The highest BCUT2D eigenvalue weighted by atomic mass is 19.1. The van der Waals surface area contributed by atoms with Gasteiger partial charge in [0.15, 0.2) is 11.6 Å². The van der Waals surface area contributed by atoms with E-state index in [0.29, 0.717) is 0 Å². The number of carbonyl (C=O) groups excluding carboxylic acids is 1. The molecule has 1 aromatic rings. The summed E-state index contributed by atoms with van der Waals surface area (Å²) in [4.78, 5) is 18.9. The van der Waals surface area contributed by atoms with Crippen molar-refractivity contribution < 1.29 is 13.9 Å². The van der Waals surface area contributed by atoms with Crippen LogP contribution in [0.3, 0.4) is 0 Å². The molecule has 1 aromatic heterocycles. The minimum absolute atomic E-state index is 0.0475. The van der Waals surface area contributed by atoms with Crippen LogP contribution in [-0.4, -0.2) is 29.1 Å². The Morgan fingerprint density at radius 3 is 2.72 bits per heavy atom. The lowest BCUT2D eigenvalue weighted by Crippen LogP contribution is -2.36. The lowest BCUT2D eigenvalue weighted by atomic mass is 10.0. The van der Waals surface area contributed by atoms with Crippen molar-refractivity contribution in [3.63, 3.8) is 0 Å². The molecule has 1 heterocycles. The van der Waals surface area contributed by atoms with Crippen LogP contribution in [0.1, 0.15) is 13.8 Å². The van der Waals surface area contributed by atoms with Gasteiger partial charge in [-0.05, 0) is 5.92 Å². The zero-order chi connectivity index (χ0) is 13.7. The number of methoxy groups -OCH3 is 1. The van der Waals surface area contributed by atoms with Crippen molar-refractivity contribution in [3.05, 3.63) is 12.0 Å². The van der Waals surface area contributed by atoms with Crippen molar-refractivity contribution in [3.8, 4) is 0 Å². The van der Waals surface area contributed by atoms with Gasteiger partial charge in [0.1, 0.15) is 6.04 Å². The summed E-state index contributed by atoms with van der Waals surface area (Å²) in [6.45, 7) is 3.60. The fourth-order valence-corrected chi connectivity index (χ4v) is 1.31. The van der Waals surface area contributed by atoms with Crippen LogP contribution in [0.4, 0.5) is 16.2 Å². The van der Waals surface area contributed by atoms with Crippen LogP contribution in [0.15, 0.2) is 6.20 Å². The second-order valence-corrected chi connectivity index (χ2v) is 3.92. The van der Waals surface area contributed by atoms with Crippen molar-refractivity contribution in [2.45, 2.75) is 19.9 Å². The Labute approximate surface area is 104 Å². The molecule has 0 aliphatic carbocycles. The van der Waals surface area contributed by atoms with E-state index in [1.165, 1.54) is 7.11 Å². The molecule has 0 saturated carbocycles. The summed E-state index contributed by atoms with van der Waals surface area (Å²) in [5.41, 5.74) is 2.20. The molecule has 100 valence electrons. The van der Waals surface area contributed by atoms with E-state index in [1.807, 2.05) is 0 Å². The molecule has 0 amide bonds. The molecule has 0 radical (unpaired) electrons. The number of anilines is 2. The van der Waals surface area contributed by atoms with E-state index in [0.717, 1.165) is 6.20 Å². The number of esters is 1. The van der Waals surface area contributed by atoms with Gasteiger partial charge in [-0.1, -0.05) is 13.8 Å². The lowest BCUT2D eigenvalue weighted by Gasteiger charge is -2.20. The second-order valence-electron chi connectivity index (χ2n) is 3.92. The maximum absolute atomic E-state index is 13.5. The molecule has 0 aromatic carbocycles. The first-order chi connectivity index (χ1) is 8.49. The Morgan fingerprint density at radius 1 is 1.56 bits per heavy atom. The maximum Gasteiger partial charge on any atom is 0.328 e. The van der Waals surface area contributed by atoms with Crippen molar-refractivity contribution in [1.29, 1.82) is 0 Å². The summed E-state index contributed by atoms with van der Waals surface area (Å²) in [7, 11) is 1.27. The number of nitrogens with two attached hydrogens (primary N) is 1. The van der Waals surface area contributed by atoms with E-state index in [1.54, 1.807) is 13.8 Å². The Balaban J connectivity index is 2.96. The van der Waals surface area contributed by atoms with E-state index in [4.69, 9.17) is 5.84 Å². The molecule has 0 fully saturated rings. The third kappa shape index (κ3) is 3.27. The smallest absolute Gasteiger partial charge is 0.328 e. The summed E-state index contributed by atoms with van der Waals surface area (Å²) in [5, 5.41) is 2.68. The summed E-state index contributed by atoms with van der Waals surface area (Å²) in [6.07, 6.45) is 0.958. The van der Waals surface area contributed by atoms with Gasteiger partial charge in [-0.25, -0.2) is 20.0 Å². The van der Waals surface area contributed by atoms with Crippen LogP contribution in [0.2, 0.25) is 0 Å². The molecule has 18 heavy (non-hydrogen) atoms. The zero-order valence-electron chi connectivity index (χ0n) is 10.4. The monoisotopic (exact) mass is 257 g/mol. The molecule has 4 N–H and O–H groups in total. The highest BCUT2D eigenvalue weighted by molar-refractivity contribution is 5.79. The van der Waals surface area contributed by atoms with E-state index in [2.05, 4.69) is 25.4 Å². The van der Waals surface area contributed by atoms with Gasteiger partial charge in [0.25, 0.3) is 0 Å². The van der Waals surface area contributed by atoms with Gasteiger partial charge in [0, 0.05) is 0 Å². The maximum atomic E-state index is 13.5. The molecule has 0 bridgehead atoms. The molecule has 7 nitrogen and oxygen atoms in total. The van der Waals surface area contributed by atoms with E-state index >= 15 is 0 Å². The van der Waals surface area contributed by atoms with Crippen LogP contribution >= 0.6 is 0 Å². The fraction of sp³-hybridized carbons (Fsp3) is 0.500. The van der Waals surface area contributed by atoms with Crippen molar-refractivity contribution in [2.75, 3.05) is 17.9 Å². The number of hydrogen-bond acceptors (Lipinski definition) is 7. The highest BCUT2D eigenvalue weighted by Gasteiger charge is 2.24. The molecule has 8 heteroatoms. The van der Waals surface area contributed by atoms with Crippen LogP contribution < -0.4 is 16.6 Å². The number of ether oxygens (including phenoxy) is 1. The van der Waals surface area contributed by atoms with Gasteiger partial charge < -0.3 is 10.1 Å². The normalized spacial score (nSPS) is 12.1. The molecule has 1 atom stereocenters. The Hall–Kier alpha value is -1.96. The number of halogens is 1. The van der Waals surface area contributed by atoms with E-state index < -0.39 is 17.8 Å². The Bertz CT molecular complexity index is 427. The summed E-state index contributed by atoms with van der Waals surface area (Å²) < 4.78 is 18.1. The fourth-order valence-electron chi connectivity index (χ4n) is 1.31. The second kappa shape index (κ2) is 6.10. The molecule has 1 rings (SSSR count). The van der Waals surface area contributed by atoms with Crippen molar-refractivity contribution in [2.24, 2.45) is 11.8 Å². The third-order valence-corrected chi connectivity index (χ3v) is 2.29. The first-order valence-corrected chi connectivity index (χ1v) is 5.33. The molecule has 1 unspecified atom stereocenters.